The molecular formula is C52H53N5OPt-2. The number of rotatable bonds is 7. The van der Waals surface area contributed by atoms with Gasteiger partial charge in [0.05, 0.1) is 0 Å². The van der Waals surface area contributed by atoms with Crippen molar-refractivity contribution in [3.8, 4) is 28.7 Å². The SMILES string of the molecule is CC(C)(C)c1cc(-[n+]2[c-]n(-c3[c-]c(Oc4[c-]c5c(cc4)c4ccccc4n5-c4cc(C(C)(C)c5ccccc5)ccn4)ccc3)nc2C(C)(C)C)cc(C(C)(C)C)c1.[Pt]. The Morgan fingerprint density at radius 3 is 1.92 bits per heavy atom. The summed E-state index contributed by atoms with van der Waals surface area (Å²) in [5.41, 5.74) is 8.16. The molecule has 7 heteroatoms. The van der Waals surface area contributed by atoms with E-state index in [1.54, 1.807) is 4.68 Å². The number of nitrogens with zero attached hydrogens (tertiary/aromatic N) is 5. The first-order chi connectivity index (χ1) is 27.4. The molecule has 0 fully saturated rings. The van der Waals surface area contributed by atoms with Crippen molar-refractivity contribution in [2.24, 2.45) is 0 Å². The third-order valence-corrected chi connectivity index (χ3v) is 11.1. The van der Waals surface area contributed by atoms with E-state index in [9.17, 15) is 0 Å². The molecule has 5 aromatic carbocycles. The molecule has 0 saturated carbocycles. The summed E-state index contributed by atoms with van der Waals surface area (Å²) in [5.74, 6) is 2.86. The van der Waals surface area contributed by atoms with Crippen molar-refractivity contribution in [2.75, 3.05) is 0 Å². The number of benzene rings is 5. The molecule has 3 heterocycles. The van der Waals surface area contributed by atoms with Crippen molar-refractivity contribution in [3.63, 3.8) is 0 Å². The van der Waals surface area contributed by atoms with Crippen molar-refractivity contribution in [3.05, 3.63) is 168 Å². The van der Waals surface area contributed by atoms with Gasteiger partial charge in [-0.2, -0.15) is 22.9 Å². The number of fused-ring (bicyclic) bond motifs is 3. The topological polar surface area (TPSA) is 48.8 Å². The summed E-state index contributed by atoms with van der Waals surface area (Å²) in [4.78, 5) is 4.91. The fraction of sp³-hybridized carbons (Fsp3) is 0.288. The molecule has 8 rings (SSSR count). The molecule has 0 N–H and O–H groups in total. The zero-order valence-corrected chi connectivity index (χ0v) is 38.3. The van der Waals surface area contributed by atoms with E-state index in [4.69, 9.17) is 14.8 Å². The molecule has 304 valence electrons. The van der Waals surface area contributed by atoms with E-state index in [1.807, 2.05) is 30.5 Å². The normalized spacial score (nSPS) is 12.5. The van der Waals surface area contributed by atoms with E-state index in [0.717, 1.165) is 44.8 Å². The molecule has 0 saturated heterocycles. The largest absolute Gasteiger partial charge is 0.510 e. The van der Waals surface area contributed by atoms with E-state index >= 15 is 0 Å². The first kappa shape index (κ1) is 41.8. The molecule has 0 radical (unpaired) electrons. The van der Waals surface area contributed by atoms with Gasteiger partial charge in [0.1, 0.15) is 5.82 Å². The Labute approximate surface area is 364 Å². The Morgan fingerprint density at radius 2 is 1.24 bits per heavy atom. The maximum absolute atomic E-state index is 6.56. The van der Waals surface area contributed by atoms with Crippen LogP contribution in [0.1, 0.15) is 104 Å². The molecule has 0 aliphatic carbocycles. The van der Waals surface area contributed by atoms with E-state index in [1.165, 1.54) is 22.3 Å². The zero-order valence-electron chi connectivity index (χ0n) is 36.0. The van der Waals surface area contributed by atoms with Crippen molar-refractivity contribution < 1.29 is 30.4 Å². The quantitative estimate of drug-likeness (QED) is 0.118. The summed E-state index contributed by atoms with van der Waals surface area (Å²) < 4.78 is 12.6. The first-order valence-corrected chi connectivity index (χ1v) is 20.2. The fourth-order valence-electron chi connectivity index (χ4n) is 7.54. The summed E-state index contributed by atoms with van der Waals surface area (Å²) in [7, 11) is 0. The summed E-state index contributed by atoms with van der Waals surface area (Å²) >= 11 is 0. The molecule has 0 spiro atoms. The maximum atomic E-state index is 6.56. The van der Waals surface area contributed by atoms with Crippen LogP contribution in [0.2, 0.25) is 0 Å². The summed E-state index contributed by atoms with van der Waals surface area (Å²) in [6, 6.07) is 47.3. The number of aromatic nitrogens is 5. The van der Waals surface area contributed by atoms with Crippen LogP contribution in [0.5, 0.6) is 11.5 Å². The van der Waals surface area contributed by atoms with Crippen LogP contribution in [-0.2, 0) is 42.7 Å². The standard InChI is InChI=1S/C52H53N5O.Pt/c1-49(2,3)37-28-38(50(4,5)6)30-40(29-37)55-34-56(54-48(55)51(7,8)9)39-20-17-21-41(32-39)58-42-24-25-44-43-22-15-16-23-45(43)57(46(44)33-42)47-31-36(26-27-53-47)52(10,11)35-18-13-12-14-19-35;/h12-31H,1-11H3;/q-2;. The minimum absolute atomic E-state index is 0. The van der Waals surface area contributed by atoms with Gasteiger partial charge in [0.15, 0.2) is 0 Å². The number of hydrogen-bond donors (Lipinski definition) is 0. The van der Waals surface area contributed by atoms with Crippen molar-refractivity contribution in [1.82, 2.24) is 19.3 Å². The average Bonchev–Trinajstić information content (AvgIpc) is 3.79. The van der Waals surface area contributed by atoms with Gasteiger partial charge in [-0.25, -0.2) is 4.98 Å². The molecule has 0 aliphatic rings. The molecular weight excluding hydrogens is 906 g/mol. The zero-order chi connectivity index (χ0) is 41.2. The van der Waals surface area contributed by atoms with Crippen LogP contribution < -0.4 is 9.30 Å². The van der Waals surface area contributed by atoms with Gasteiger partial charge in [-0.3, -0.25) is 0 Å². The smallest absolute Gasteiger partial charge is 0.210 e. The van der Waals surface area contributed by atoms with Crippen LogP contribution in [0, 0.1) is 18.5 Å². The van der Waals surface area contributed by atoms with Crippen molar-refractivity contribution in [2.45, 2.75) is 97.8 Å². The molecule has 59 heavy (non-hydrogen) atoms. The van der Waals surface area contributed by atoms with Crippen LogP contribution in [-0.4, -0.2) is 19.3 Å². The predicted octanol–water partition coefficient (Wildman–Crippen LogP) is 12.0. The Kier molecular flexibility index (Phi) is 10.9. The number of hydrogen-bond acceptors (Lipinski definition) is 3. The Hall–Kier alpha value is -5.32. The van der Waals surface area contributed by atoms with Gasteiger partial charge in [-0.05, 0) is 67.5 Å². The molecule has 6 nitrogen and oxygen atoms in total. The number of para-hydroxylation sites is 1. The third kappa shape index (κ3) is 8.17. The Bertz CT molecular complexity index is 2760. The minimum atomic E-state index is -0.260. The van der Waals surface area contributed by atoms with Crippen LogP contribution >= 0.6 is 0 Å². The van der Waals surface area contributed by atoms with E-state index in [2.05, 4.69) is 195 Å². The molecule has 0 bridgehead atoms. The second-order valence-corrected chi connectivity index (χ2v) is 19.0. The Balaban J connectivity index is 0.00000528. The van der Waals surface area contributed by atoms with Crippen LogP contribution in [0.15, 0.2) is 121 Å². The fourth-order valence-corrected chi connectivity index (χ4v) is 7.54. The van der Waals surface area contributed by atoms with Crippen LogP contribution in [0.4, 0.5) is 0 Å². The van der Waals surface area contributed by atoms with Gasteiger partial charge < -0.3 is 13.9 Å². The van der Waals surface area contributed by atoms with E-state index in [-0.39, 0.29) is 42.7 Å². The monoisotopic (exact) mass is 958 g/mol. The van der Waals surface area contributed by atoms with Gasteiger partial charge in [-0.15, -0.1) is 29.7 Å². The van der Waals surface area contributed by atoms with Crippen LogP contribution in [0.25, 0.3) is 39.0 Å². The molecule has 8 aromatic rings. The molecule has 3 aromatic heterocycles. The molecule has 0 unspecified atom stereocenters. The Morgan fingerprint density at radius 1 is 0.576 bits per heavy atom. The second kappa shape index (κ2) is 15.4. The van der Waals surface area contributed by atoms with Gasteiger partial charge >= 0.3 is 0 Å². The third-order valence-electron chi connectivity index (χ3n) is 11.1. The van der Waals surface area contributed by atoms with Gasteiger partial charge in [0, 0.05) is 60.8 Å². The predicted molar refractivity (Wildman–Crippen MR) is 235 cm³/mol. The summed E-state index contributed by atoms with van der Waals surface area (Å²) in [6.45, 7) is 24.7. The molecule has 0 atom stereocenters. The number of pyridine rings is 1. The second-order valence-electron chi connectivity index (χ2n) is 19.0. The molecule has 0 amide bonds. The summed E-state index contributed by atoms with van der Waals surface area (Å²) in [6.07, 6.45) is 5.48. The van der Waals surface area contributed by atoms with Crippen molar-refractivity contribution >= 4 is 21.8 Å². The first-order valence-electron chi connectivity index (χ1n) is 20.2. The maximum Gasteiger partial charge on any atom is 0.210 e. The number of ether oxygens (including phenoxy) is 1. The van der Waals surface area contributed by atoms with Gasteiger partial charge in [0.25, 0.3) is 0 Å². The van der Waals surface area contributed by atoms with Crippen LogP contribution in [0.3, 0.4) is 0 Å². The molecule has 0 aliphatic heterocycles. The van der Waals surface area contributed by atoms with Gasteiger partial charge in [-0.1, -0.05) is 148 Å². The summed E-state index contributed by atoms with van der Waals surface area (Å²) in [5, 5.41) is 7.34. The van der Waals surface area contributed by atoms with Crippen molar-refractivity contribution in [1.29, 1.82) is 0 Å². The minimum Gasteiger partial charge on any atom is -0.510 e. The van der Waals surface area contributed by atoms with Gasteiger partial charge in [0.2, 0.25) is 12.2 Å². The average molecular weight is 959 g/mol. The van der Waals surface area contributed by atoms with E-state index < -0.39 is 0 Å². The van der Waals surface area contributed by atoms with E-state index in [0.29, 0.717) is 11.5 Å².